The van der Waals surface area contributed by atoms with Gasteiger partial charge in [0.1, 0.15) is 17.7 Å². The average Bonchev–Trinajstić information content (AvgIpc) is 3.53. The van der Waals surface area contributed by atoms with Crippen LogP contribution >= 0.6 is 0 Å². The molecular weight excluding hydrogens is 594 g/mol. The van der Waals surface area contributed by atoms with Gasteiger partial charge in [-0.15, -0.1) is 0 Å². The second kappa shape index (κ2) is 19.0. The number of nitriles is 6. The van der Waals surface area contributed by atoms with Crippen LogP contribution in [0, 0.1) is 73.9 Å². The standard InChI is InChI=1S/C40H33N7O/c1-3-48-23-22-47(2)40-32(16-10-18-34(24-41)38(36(26-43)27-44)30-12-6-4-7-13-30)20-21-33(40)17-11-19-35(25-42)39(37(28-45)29-46)31-14-8-5-9-15-31/h4-19,36H,3,20-23H2,1-2H3/b17-11+,18-10+,32-16+,35-19+,38-34-. The second-order valence-electron chi connectivity index (χ2n) is 10.4. The summed E-state index contributed by atoms with van der Waals surface area (Å²) < 4.78 is 5.60. The molecule has 2 aromatic rings. The zero-order valence-electron chi connectivity index (χ0n) is 26.9. The van der Waals surface area contributed by atoms with Crippen molar-refractivity contribution < 1.29 is 4.74 Å². The molecule has 0 saturated heterocycles. The lowest BCUT2D eigenvalue weighted by atomic mass is 9.90. The Hall–Kier alpha value is -6.68. The summed E-state index contributed by atoms with van der Waals surface area (Å²) >= 11 is 0. The van der Waals surface area contributed by atoms with Crippen LogP contribution in [0.2, 0.25) is 0 Å². The molecule has 1 aliphatic rings. The Labute approximate surface area is 282 Å². The molecule has 0 aromatic heterocycles. The fraction of sp³-hybridized carbons (Fsp3) is 0.200. The Morgan fingerprint density at radius 2 is 1.48 bits per heavy atom. The van der Waals surface area contributed by atoms with Gasteiger partial charge < -0.3 is 9.64 Å². The monoisotopic (exact) mass is 627 g/mol. The highest BCUT2D eigenvalue weighted by molar-refractivity contribution is 5.89. The fourth-order valence-electron chi connectivity index (χ4n) is 5.30. The normalized spacial score (nSPS) is 14.1. The minimum atomic E-state index is -1.11. The smallest absolute Gasteiger partial charge is 0.160 e. The van der Waals surface area contributed by atoms with Crippen molar-refractivity contribution in [2.75, 3.05) is 26.8 Å². The van der Waals surface area contributed by atoms with Gasteiger partial charge in [0.25, 0.3) is 0 Å². The number of benzene rings is 2. The lowest BCUT2D eigenvalue weighted by molar-refractivity contribution is 0.131. The van der Waals surface area contributed by atoms with E-state index in [1.807, 2.05) is 62.5 Å². The van der Waals surface area contributed by atoms with Crippen LogP contribution in [0.4, 0.5) is 0 Å². The molecule has 1 aliphatic carbocycles. The van der Waals surface area contributed by atoms with E-state index in [4.69, 9.17) is 4.74 Å². The highest BCUT2D eigenvalue weighted by Crippen LogP contribution is 2.35. The van der Waals surface area contributed by atoms with Gasteiger partial charge in [-0.1, -0.05) is 85.0 Å². The van der Waals surface area contributed by atoms with E-state index in [1.54, 1.807) is 72.8 Å². The zero-order chi connectivity index (χ0) is 34.7. The lowest BCUT2D eigenvalue weighted by Crippen LogP contribution is -2.23. The van der Waals surface area contributed by atoms with Gasteiger partial charge in [-0.3, -0.25) is 0 Å². The van der Waals surface area contributed by atoms with Crippen LogP contribution in [0.1, 0.15) is 30.9 Å². The molecule has 8 heteroatoms. The SMILES string of the molecule is CCOCCN(C)C1=C(/C=C/C=C(\C#N)C(=C(C#N)C#N)c2ccccc2)CC\C1=C/C=C/C(C#N)=C(\c1ccccc1)C(C#N)C#N. The Bertz CT molecular complexity index is 1920. The van der Waals surface area contributed by atoms with E-state index in [1.165, 1.54) is 0 Å². The van der Waals surface area contributed by atoms with Crippen molar-refractivity contribution in [1.82, 2.24) is 4.90 Å². The van der Waals surface area contributed by atoms with E-state index < -0.39 is 5.92 Å². The average molecular weight is 628 g/mol. The van der Waals surface area contributed by atoms with Crippen LogP contribution in [0.15, 0.2) is 131 Å². The summed E-state index contributed by atoms with van der Waals surface area (Å²) in [7, 11) is 1.97. The van der Waals surface area contributed by atoms with Crippen molar-refractivity contribution in [2.24, 2.45) is 5.92 Å². The van der Waals surface area contributed by atoms with Crippen LogP contribution in [0.3, 0.4) is 0 Å². The van der Waals surface area contributed by atoms with Gasteiger partial charge in [0, 0.05) is 37.0 Å². The fourth-order valence-corrected chi connectivity index (χ4v) is 5.30. The maximum Gasteiger partial charge on any atom is 0.160 e. The molecule has 3 rings (SSSR count). The van der Waals surface area contributed by atoms with Gasteiger partial charge in [0.15, 0.2) is 5.92 Å². The molecule has 234 valence electrons. The Balaban J connectivity index is 2.08. The summed E-state index contributed by atoms with van der Waals surface area (Å²) in [6.45, 7) is 3.68. The van der Waals surface area contributed by atoms with Gasteiger partial charge in [0.2, 0.25) is 0 Å². The maximum absolute atomic E-state index is 10.0. The summed E-state index contributed by atoms with van der Waals surface area (Å²) in [5.74, 6) is -1.11. The van der Waals surface area contributed by atoms with E-state index in [9.17, 15) is 31.6 Å². The number of nitrogens with zero attached hydrogens (tertiary/aromatic N) is 7. The minimum absolute atomic E-state index is 0.145. The van der Waals surface area contributed by atoms with E-state index in [0.29, 0.717) is 49.3 Å². The molecule has 0 radical (unpaired) electrons. The molecule has 0 aliphatic heterocycles. The van der Waals surface area contributed by atoms with Gasteiger partial charge in [0.05, 0.1) is 42.0 Å². The van der Waals surface area contributed by atoms with Crippen LogP contribution < -0.4 is 0 Å². The van der Waals surface area contributed by atoms with E-state index >= 15 is 0 Å². The first-order valence-corrected chi connectivity index (χ1v) is 15.2. The van der Waals surface area contributed by atoms with Crippen LogP contribution in [0.5, 0.6) is 0 Å². The minimum Gasteiger partial charge on any atom is -0.380 e. The summed E-state index contributed by atoms with van der Waals surface area (Å²) in [5, 5.41) is 58.5. The largest absolute Gasteiger partial charge is 0.380 e. The Kier molecular flexibility index (Phi) is 14.1. The number of hydrogen-bond acceptors (Lipinski definition) is 8. The number of hydrogen-bond donors (Lipinski definition) is 0. The zero-order valence-corrected chi connectivity index (χ0v) is 26.9. The molecule has 0 bridgehead atoms. The first kappa shape index (κ1) is 35.8. The number of ether oxygens (including phenoxy) is 1. The van der Waals surface area contributed by atoms with Gasteiger partial charge >= 0.3 is 0 Å². The molecule has 0 heterocycles. The summed E-state index contributed by atoms with van der Waals surface area (Å²) in [6, 6.07) is 30.0. The molecular formula is C40H33N7O. The first-order valence-electron chi connectivity index (χ1n) is 15.2. The summed E-state index contributed by atoms with van der Waals surface area (Å²) in [5.41, 5.74) is 5.16. The molecule has 0 saturated carbocycles. The lowest BCUT2D eigenvalue weighted by Gasteiger charge is -2.23. The van der Waals surface area contributed by atoms with Crippen molar-refractivity contribution in [3.05, 3.63) is 142 Å². The van der Waals surface area contributed by atoms with Crippen LogP contribution in [0.25, 0.3) is 11.1 Å². The number of likely N-dealkylation sites (N-methyl/N-ethyl adjacent to an activating group) is 1. The van der Waals surface area contributed by atoms with E-state index in [0.717, 1.165) is 16.8 Å². The first-order chi connectivity index (χ1) is 23.5. The van der Waals surface area contributed by atoms with Crippen LogP contribution in [-0.2, 0) is 4.74 Å². The topological polar surface area (TPSA) is 155 Å². The molecule has 2 aromatic carbocycles. The van der Waals surface area contributed by atoms with Crippen molar-refractivity contribution >= 4 is 11.1 Å². The van der Waals surface area contributed by atoms with Crippen LogP contribution in [-0.4, -0.2) is 31.7 Å². The maximum atomic E-state index is 10.0. The molecule has 0 N–H and O–H groups in total. The molecule has 48 heavy (non-hydrogen) atoms. The second-order valence-corrected chi connectivity index (χ2v) is 10.4. The summed E-state index contributed by atoms with van der Waals surface area (Å²) in [4.78, 5) is 2.10. The van der Waals surface area contributed by atoms with Gasteiger partial charge in [-0.25, -0.2) is 0 Å². The van der Waals surface area contributed by atoms with Crippen molar-refractivity contribution in [3.63, 3.8) is 0 Å². The molecule has 0 atom stereocenters. The number of rotatable bonds is 13. The van der Waals surface area contributed by atoms with Gasteiger partial charge in [-0.2, -0.15) is 31.6 Å². The highest BCUT2D eigenvalue weighted by Gasteiger charge is 2.22. The third-order valence-electron chi connectivity index (χ3n) is 7.52. The van der Waals surface area contributed by atoms with E-state index in [2.05, 4.69) is 17.0 Å². The molecule has 0 amide bonds. The predicted molar refractivity (Wildman–Crippen MR) is 184 cm³/mol. The van der Waals surface area contributed by atoms with Gasteiger partial charge in [-0.05, 0) is 54.2 Å². The highest BCUT2D eigenvalue weighted by atomic mass is 16.5. The molecule has 0 unspecified atom stereocenters. The van der Waals surface area contributed by atoms with E-state index in [-0.39, 0.29) is 22.3 Å². The van der Waals surface area contributed by atoms with Crippen molar-refractivity contribution in [1.29, 1.82) is 31.6 Å². The molecule has 0 fully saturated rings. The van der Waals surface area contributed by atoms with Crippen molar-refractivity contribution in [3.8, 4) is 36.4 Å². The third kappa shape index (κ3) is 9.18. The van der Waals surface area contributed by atoms with Crippen molar-refractivity contribution in [2.45, 2.75) is 19.8 Å². The molecule has 8 nitrogen and oxygen atoms in total. The third-order valence-corrected chi connectivity index (χ3v) is 7.52. The number of allylic oxidation sites excluding steroid dienone is 13. The molecule has 0 spiro atoms. The predicted octanol–water partition coefficient (Wildman–Crippen LogP) is 7.63. The quantitative estimate of drug-likeness (QED) is 0.125. The Morgan fingerprint density at radius 1 is 0.833 bits per heavy atom. The summed E-state index contributed by atoms with van der Waals surface area (Å²) in [6.07, 6.45) is 12.0. The Morgan fingerprint density at radius 3 is 2.04 bits per heavy atom.